The number of aliphatic imine (C=N–C) groups is 1. The largest absolute Gasteiger partial charge is 0.481 e. The minimum absolute atomic E-state index is 0.0873. The third-order valence-electron chi connectivity index (χ3n) is 2.99. The summed E-state index contributed by atoms with van der Waals surface area (Å²) >= 11 is 0. The Kier molecular flexibility index (Phi) is 2.48. The Balaban J connectivity index is 2.03. The normalized spacial score (nSPS) is 13.0. The molecule has 0 radical (unpaired) electrons. The summed E-state index contributed by atoms with van der Waals surface area (Å²) < 4.78 is 0. The Morgan fingerprint density at radius 1 is 1.22 bits per heavy atom. The third kappa shape index (κ3) is 1.82. The number of rotatable bonds is 3. The van der Waals surface area contributed by atoms with Crippen molar-refractivity contribution < 1.29 is 9.90 Å². The summed E-state index contributed by atoms with van der Waals surface area (Å²) in [5, 5.41) is 14.1. The lowest BCUT2D eigenvalue weighted by atomic mass is 10.0. The molecule has 1 aliphatic heterocycles. The van der Waals surface area contributed by atoms with Gasteiger partial charge in [-0.15, -0.1) is 0 Å². The topological polar surface area (TPSA) is 61.7 Å². The lowest BCUT2D eigenvalue weighted by Gasteiger charge is -2.18. The van der Waals surface area contributed by atoms with Crippen molar-refractivity contribution in [1.82, 2.24) is 0 Å². The third-order valence-corrected chi connectivity index (χ3v) is 2.99. The van der Waals surface area contributed by atoms with E-state index < -0.39 is 5.97 Å². The van der Waals surface area contributed by atoms with Crippen LogP contribution in [0.15, 0.2) is 41.4 Å². The molecule has 4 heteroatoms. The van der Waals surface area contributed by atoms with Crippen LogP contribution in [-0.2, 0) is 4.79 Å². The van der Waals surface area contributed by atoms with E-state index in [0.717, 1.165) is 22.1 Å². The molecule has 0 saturated carbocycles. The minimum Gasteiger partial charge on any atom is -0.481 e. The molecule has 1 aliphatic rings. The van der Waals surface area contributed by atoms with Crippen molar-refractivity contribution in [2.75, 3.05) is 5.32 Å². The molecule has 0 atom stereocenters. The first-order chi connectivity index (χ1) is 8.74. The van der Waals surface area contributed by atoms with Crippen LogP contribution in [0.3, 0.4) is 0 Å². The zero-order chi connectivity index (χ0) is 12.5. The average Bonchev–Trinajstić information content (AvgIpc) is 2.37. The molecule has 4 nitrogen and oxygen atoms in total. The van der Waals surface area contributed by atoms with Gasteiger partial charge in [0.2, 0.25) is 0 Å². The summed E-state index contributed by atoms with van der Waals surface area (Å²) in [5.74, 6) is -0.0971. The molecule has 0 saturated heterocycles. The molecule has 3 rings (SSSR count). The van der Waals surface area contributed by atoms with Gasteiger partial charge in [-0.3, -0.25) is 4.79 Å². The molecule has 0 bridgehead atoms. The lowest BCUT2D eigenvalue weighted by molar-refractivity contribution is -0.136. The van der Waals surface area contributed by atoms with Crippen molar-refractivity contribution in [3.05, 3.63) is 36.4 Å². The van der Waals surface area contributed by atoms with Gasteiger partial charge in [-0.1, -0.05) is 24.3 Å². The fraction of sp³-hybridized carbons (Fsp3) is 0.143. The smallest absolute Gasteiger partial charge is 0.303 e. The number of benzene rings is 2. The second kappa shape index (κ2) is 4.14. The van der Waals surface area contributed by atoms with Gasteiger partial charge in [0.15, 0.2) is 0 Å². The molecular formula is C14H12N2O2. The summed E-state index contributed by atoms with van der Waals surface area (Å²) in [6.45, 7) is 0. The van der Waals surface area contributed by atoms with Crippen LogP contribution >= 0.6 is 0 Å². The SMILES string of the molecule is O=C(O)CCC1=Nc2cccc3cccc(c23)N1. The number of carbonyl (C=O) groups is 1. The van der Waals surface area contributed by atoms with Gasteiger partial charge in [0.05, 0.1) is 12.1 Å². The molecular weight excluding hydrogens is 228 g/mol. The van der Waals surface area contributed by atoms with Gasteiger partial charge < -0.3 is 10.4 Å². The van der Waals surface area contributed by atoms with E-state index in [-0.39, 0.29) is 6.42 Å². The van der Waals surface area contributed by atoms with Crippen molar-refractivity contribution >= 4 is 34.0 Å². The number of anilines is 1. The summed E-state index contributed by atoms with van der Waals surface area (Å²) in [6.07, 6.45) is 0.504. The van der Waals surface area contributed by atoms with Crippen molar-refractivity contribution in [3.8, 4) is 0 Å². The molecule has 0 amide bonds. The molecule has 0 aliphatic carbocycles. The highest BCUT2D eigenvalue weighted by Crippen LogP contribution is 2.35. The summed E-state index contributed by atoms with van der Waals surface area (Å²) in [6, 6.07) is 12.0. The van der Waals surface area contributed by atoms with Gasteiger partial charge in [-0.2, -0.15) is 0 Å². The van der Waals surface area contributed by atoms with Gasteiger partial charge >= 0.3 is 5.97 Å². The van der Waals surface area contributed by atoms with Crippen LogP contribution in [0.4, 0.5) is 11.4 Å². The zero-order valence-corrected chi connectivity index (χ0v) is 9.68. The first kappa shape index (κ1) is 10.8. The molecule has 18 heavy (non-hydrogen) atoms. The monoisotopic (exact) mass is 240 g/mol. The predicted octanol–water partition coefficient (Wildman–Crippen LogP) is 3.16. The van der Waals surface area contributed by atoms with Crippen LogP contribution in [0.25, 0.3) is 10.8 Å². The van der Waals surface area contributed by atoms with Crippen LogP contribution in [0.2, 0.25) is 0 Å². The summed E-state index contributed by atoms with van der Waals surface area (Å²) in [4.78, 5) is 15.1. The van der Waals surface area contributed by atoms with Gasteiger partial charge in [0, 0.05) is 17.5 Å². The first-order valence-electron chi connectivity index (χ1n) is 5.82. The zero-order valence-electron chi connectivity index (χ0n) is 9.68. The van der Waals surface area contributed by atoms with Crippen molar-refractivity contribution in [1.29, 1.82) is 0 Å². The predicted molar refractivity (Wildman–Crippen MR) is 71.5 cm³/mol. The Bertz CT molecular complexity index is 657. The van der Waals surface area contributed by atoms with Crippen molar-refractivity contribution in [2.45, 2.75) is 12.8 Å². The number of nitrogens with zero attached hydrogens (tertiary/aromatic N) is 1. The summed E-state index contributed by atoms with van der Waals surface area (Å²) in [5.41, 5.74) is 1.90. The number of hydrogen-bond acceptors (Lipinski definition) is 3. The first-order valence-corrected chi connectivity index (χ1v) is 5.82. The molecule has 2 N–H and O–H groups in total. The standard InChI is InChI=1S/C14H12N2O2/c17-13(18)8-7-12-15-10-5-1-3-9-4-2-6-11(16-12)14(9)10/h1-6H,7-8H2,(H,15,16)(H,17,18). The summed E-state index contributed by atoms with van der Waals surface area (Å²) in [7, 11) is 0. The molecule has 2 aromatic rings. The van der Waals surface area contributed by atoms with Gasteiger partial charge in [-0.25, -0.2) is 4.99 Å². The Morgan fingerprint density at radius 3 is 2.78 bits per heavy atom. The van der Waals surface area contributed by atoms with E-state index in [1.54, 1.807) is 0 Å². The maximum absolute atomic E-state index is 10.6. The van der Waals surface area contributed by atoms with E-state index in [1.165, 1.54) is 0 Å². The van der Waals surface area contributed by atoms with Crippen LogP contribution in [0, 0.1) is 0 Å². The highest BCUT2D eigenvalue weighted by Gasteiger charge is 2.14. The molecule has 0 aromatic heterocycles. The van der Waals surface area contributed by atoms with Crippen LogP contribution < -0.4 is 5.32 Å². The quantitative estimate of drug-likeness (QED) is 0.866. The molecule has 2 aromatic carbocycles. The van der Waals surface area contributed by atoms with E-state index in [4.69, 9.17) is 5.11 Å². The van der Waals surface area contributed by atoms with Crippen LogP contribution in [-0.4, -0.2) is 16.9 Å². The molecule has 90 valence electrons. The van der Waals surface area contributed by atoms with Crippen molar-refractivity contribution in [3.63, 3.8) is 0 Å². The van der Waals surface area contributed by atoms with Gasteiger partial charge in [-0.05, 0) is 17.5 Å². The highest BCUT2D eigenvalue weighted by molar-refractivity contribution is 6.13. The number of carboxylic acid groups (broad SMARTS) is 1. The molecule has 0 spiro atoms. The molecule has 0 unspecified atom stereocenters. The van der Waals surface area contributed by atoms with E-state index in [2.05, 4.69) is 10.3 Å². The fourth-order valence-electron chi connectivity index (χ4n) is 2.19. The van der Waals surface area contributed by atoms with Gasteiger partial charge in [0.25, 0.3) is 0 Å². The van der Waals surface area contributed by atoms with Crippen LogP contribution in [0.5, 0.6) is 0 Å². The second-order valence-electron chi connectivity index (χ2n) is 4.26. The maximum Gasteiger partial charge on any atom is 0.303 e. The minimum atomic E-state index is -0.809. The van der Waals surface area contributed by atoms with E-state index >= 15 is 0 Å². The molecule has 1 heterocycles. The van der Waals surface area contributed by atoms with Crippen molar-refractivity contribution in [2.24, 2.45) is 4.99 Å². The Hall–Kier alpha value is -2.36. The Labute approximate surface area is 104 Å². The lowest BCUT2D eigenvalue weighted by Crippen LogP contribution is -2.16. The Morgan fingerprint density at radius 2 is 2.00 bits per heavy atom. The number of nitrogens with one attached hydrogen (secondary N) is 1. The fourth-order valence-corrected chi connectivity index (χ4v) is 2.19. The molecule has 0 fully saturated rings. The van der Waals surface area contributed by atoms with Gasteiger partial charge in [0.1, 0.15) is 5.84 Å². The highest BCUT2D eigenvalue weighted by atomic mass is 16.4. The van der Waals surface area contributed by atoms with E-state index in [1.807, 2.05) is 36.4 Å². The van der Waals surface area contributed by atoms with E-state index in [9.17, 15) is 4.79 Å². The number of hydrogen-bond donors (Lipinski definition) is 2. The van der Waals surface area contributed by atoms with Crippen LogP contribution in [0.1, 0.15) is 12.8 Å². The second-order valence-corrected chi connectivity index (χ2v) is 4.26. The number of carboxylic acids is 1. The number of amidine groups is 1. The average molecular weight is 240 g/mol. The number of aliphatic carboxylic acids is 1. The van der Waals surface area contributed by atoms with E-state index in [0.29, 0.717) is 12.3 Å². The maximum atomic E-state index is 10.6.